The van der Waals surface area contributed by atoms with E-state index >= 15 is 0 Å². The van der Waals surface area contributed by atoms with E-state index in [9.17, 15) is 5.11 Å². The van der Waals surface area contributed by atoms with Gasteiger partial charge < -0.3 is 5.11 Å². The van der Waals surface area contributed by atoms with Crippen molar-refractivity contribution in [2.75, 3.05) is 0 Å². The summed E-state index contributed by atoms with van der Waals surface area (Å²) < 4.78 is 0. The first-order valence-corrected chi connectivity index (χ1v) is 9.53. The second kappa shape index (κ2) is 5.99. The van der Waals surface area contributed by atoms with E-state index in [0.29, 0.717) is 10.8 Å². The Morgan fingerprint density at radius 2 is 1.91 bits per heavy atom. The number of hydrogen-bond donors (Lipinski definition) is 1. The Balaban J connectivity index is 0.00000156. The highest BCUT2D eigenvalue weighted by molar-refractivity contribution is 6.92. The molecule has 0 bridgehead atoms. The molecule has 4 rings (SSSR count). The van der Waals surface area contributed by atoms with Crippen LogP contribution in [-0.2, 0) is 0 Å². The van der Waals surface area contributed by atoms with Crippen LogP contribution in [0, 0.1) is 28.6 Å². The van der Waals surface area contributed by atoms with Crippen LogP contribution in [0.15, 0.2) is 23.3 Å². The van der Waals surface area contributed by atoms with Crippen LogP contribution in [0.3, 0.4) is 0 Å². The molecule has 4 aliphatic carbocycles. The maximum Gasteiger partial charge on any atom is 0.0543 e. The number of hydrogen-bond acceptors (Lipinski definition) is 1. The molecule has 0 aromatic carbocycles. The molecule has 0 heterocycles. The summed E-state index contributed by atoms with van der Waals surface area (Å²) in [5, 5.41) is 10.1. The molecule has 3 saturated carbocycles. The van der Waals surface area contributed by atoms with E-state index in [-0.39, 0.29) is 16.0 Å². The lowest BCUT2D eigenvalue weighted by molar-refractivity contribution is -0.00472. The molecule has 1 nitrogen and oxygen atoms in total. The van der Waals surface area contributed by atoms with Gasteiger partial charge >= 0.3 is 0 Å². The van der Waals surface area contributed by atoms with Gasteiger partial charge in [-0.25, -0.2) is 0 Å². The van der Waals surface area contributed by atoms with Crippen LogP contribution >= 0.6 is 9.90 Å². The summed E-state index contributed by atoms with van der Waals surface area (Å²) in [5.74, 6) is 2.43. The molecule has 0 saturated heterocycles. The van der Waals surface area contributed by atoms with E-state index in [2.05, 4.69) is 32.9 Å². The molecule has 2 heteroatoms. The molecule has 130 valence electrons. The fourth-order valence-corrected chi connectivity index (χ4v) is 6.83. The quantitative estimate of drug-likeness (QED) is 0.470. The maximum absolute atomic E-state index is 10.1. The van der Waals surface area contributed by atoms with Crippen molar-refractivity contribution in [2.45, 2.75) is 78.2 Å². The summed E-state index contributed by atoms with van der Waals surface area (Å²) in [5.41, 5.74) is 4.36. The lowest BCUT2D eigenvalue weighted by atomic mass is 9.49. The van der Waals surface area contributed by atoms with Crippen LogP contribution < -0.4 is 0 Å². The molecule has 0 aromatic rings. The second-order valence-corrected chi connectivity index (χ2v) is 8.97. The van der Waals surface area contributed by atoms with Crippen molar-refractivity contribution in [3.63, 3.8) is 0 Å². The number of allylic oxidation sites excluding steroid dienone is 4. The minimum Gasteiger partial charge on any atom is -0.393 e. The third kappa shape index (κ3) is 2.41. The molecular formula is C21H35OP. The van der Waals surface area contributed by atoms with Gasteiger partial charge in [-0.15, -0.1) is 0 Å². The van der Waals surface area contributed by atoms with E-state index in [1.165, 1.54) is 38.5 Å². The van der Waals surface area contributed by atoms with Crippen molar-refractivity contribution < 1.29 is 5.11 Å². The summed E-state index contributed by atoms with van der Waals surface area (Å²) >= 11 is 0. The third-order valence-corrected chi connectivity index (χ3v) is 8.20. The maximum atomic E-state index is 10.1. The van der Waals surface area contributed by atoms with Crippen molar-refractivity contribution in [1.82, 2.24) is 0 Å². The van der Waals surface area contributed by atoms with E-state index in [0.717, 1.165) is 30.6 Å². The van der Waals surface area contributed by atoms with E-state index in [4.69, 9.17) is 0 Å². The molecule has 3 fully saturated rings. The molecule has 7 atom stereocenters. The van der Waals surface area contributed by atoms with E-state index in [1.807, 2.05) is 0 Å². The Morgan fingerprint density at radius 3 is 2.65 bits per heavy atom. The van der Waals surface area contributed by atoms with Crippen LogP contribution in [0.4, 0.5) is 0 Å². The highest BCUT2D eigenvalue weighted by Crippen LogP contribution is 2.65. The van der Waals surface area contributed by atoms with Gasteiger partial charge in [0.05, 0.1) is 6.10 Å². The van der Waals surface area contributed by atoms with Gasteiger partial charge in [-0.2, -0.15) is 9.90 Å². The lowest BCUT2D eigenvalue weighted by Gasteiger charge is -2.56. The average molecular weight is 334 g/mol. The smallest absolute Gasteiger partial charge is 0.0543 e. The normalized spacial score (nSPS) is 50.4. The zero-order valence-electron chi connectivity index (χ0n) is 15.3. The largest absolute Gasteiger partial charge is 0.393 e. The molecule has 4 aliphatic rings. The SMILES string of the molecule is C/C=C1/CC[C@H]2[C@@H]3CC[C@@H]4C[C@H](O)CC[C@]4(C)C3=CC[C@]12C.P. The first kappa shape index (κ1) is 17.7. The van der Waals surface area contributed by atoms with Crippen LogP contribution in [0.5, 0.6) is 0 Å². The minimum absolute atomic E-state index is 0. The van der Waals surface area contributed by atoms with Gasteiger partial charge in [0.2, 0.25) is 0 Å². The second-order valence-electron chi connectivity index (χ2n) is 8.97. The Kier molecular flexibility index (Phi) is 4.61. The van der Waals surface area contributed by atoms with Crippen molar-refractivity contribution in [2.24, 2.45) is 28.6 Å². The summed E-state index contributed by atoms with van der Waals surface area (Å²) in [6.07, 6.45) is 15.0. The van der Waals surface area contributed by atoms with Crippen molar-refractivity contribution in [3.8, 4) is 0 Å². The van der Waals surface area contributed by atoms with E-state index < -0.39 is 0 Å². The van der Waals surface area contributed by atoms with Crippen molar-refractivity contribution >= 4 is 9.90 Å². The lowest BCUT2D eigenvalue weighted by Crippen LogP contribution is -2.47. The van der Waals surface area contributed by atoms with Gasteiger partial charge in [0.25, 0.3) is 0 Å². The topological polar surface area (TPSA) is 20.2 Å². The van der Waals surface area contributed by atoms with Gasteiger partial charge in [-0.3, -0.25) is 0 Å². The van der Waals surface area contributed by atoms with Crippen LogP contribution in [-0.4, -0.2) is 11.2 Å². The summed E-state index contributed by atoms with van der Waals surface area (Å²) in [4.78, 5) is 0. The Hall–Kier alpha value is -0.130. The number of aliphatic hydroxyl groups excluding tert-OH is 1. The third-order valence-electron chi connectivity index (χ3n) is 8.20. The summed E-state index contributed by atoms with van der Waals surface area (Å²) in [6.45, 7) is 7.30. The van der Waals surface area contributed by atoms with Crippen molar-refractivity contribution in [1.29, 1.82) is 0 Å². The fraction of sp³-hybridized carbons (Fsp3) is 0.810. The van der Waals surface area contributed by atoms with Gasteiger partial charge in [0.15, 0.2) is 0 Å². The molecule has 0 spiro atoms. The Labute approximate surface area is 145 Å². The van der Waals surface area contributed by atoms with Gasteiger partial charge in [0, 0.05) is 0 Å². The standard InChI is InChI=1S/C21H32O.H3P/c1-4-14-6-8-18-17-7-5-15-13-16(22)9-11-21(15,3)19(17)10-12-20(14,18)2;/h4,10,15-18,22H,5-9,11-13H2,1-3H3;1H3/b14-4-;/t15-,16-,17+,18+,20-,21+;/m1./s1. The van der Waals surface area contributed by atoms with Crippen molar-refractivity contribution in [3.05, 3.63) is 23.3 Å². The molecule has 0 amide bonds. The average Bonchev–Trinajstić information content (AvgIpc) is 2.84. The van der Waals surface area contributed by atoms with E-state index in [1.54, 1.807) is 11.1 Å². The zero-order chi connectivity index (χ0) is 15.5. The first-order chi connectivity index (χ1) is 10.5. The zero-order valence-corrected chi connectivity index (χ0v) is 16.7. The monoisotopic (exact) mass is 334 g/mol. The van der Waals surface area contributed by atoms with Gasteiger partial charge in [-0.1, -0.05) is 37.1 Å². The molecule has 0 aliphatic heterocycles. The molecule has 1 unspecified atom stereocenters. The van der Waals surface area contributed by atoms with Crippen LogP contribution in [0.1, 0.15) is 72.1 Å². The van der Waals surface area contributed by atoms with Gasteiger partial charge in [-0.05, 0) is 86.9 Å². The Morgan fingerprint density at radius 1 is 1.13 bits per heavy atom. The number of rotatable bonds is 0. The van der Waals surface area contributed by atoms with Crippen LogP contribution in [0.25, 0.3) is 0 Å². The highest BCUT2D eigenvalue weighted by Gasteiger charge is 2.55. The fourth-order valence-electron chi connectivity index (χ4n) is 6.83. The highest BCUT2D eigenvalue weighted by atomic mass is 31.0. The van der Waals surface area contributed by atoms with Gasteiger partial charge in [0.1, 0.15) is 0 Å². The minimum atomic E-state index is -0.0369. The predicted octanol–water partition coefficient (Wildman–Crippen LogP) is 5.31. The number of aliphatic hydroxyl groups is 1. The molecule has 23 heavy (non-hydrogen) atoms. The Bertz CT molecular complexity index is 536. The predicted molar refractivity (Wildman–Crippen MR) is 103 cm³/mol. The first-order valence-electron chi connectivity index (χ1n) is 9.53. The molecular weight excluding hydrogens is 299 g/mol. The summed E-state index contributed by atoms with van der Waals surface area (Å²) in [7, 11) is 0. The summed E-state index contributed by atoms with van der Waals surface area (Å²) in [6, 6.07) is 0. The molecule has 0 radical (unpaired) electrons. The molecule has 0 aromatic heterocycles. The number of fused-ring (bicyclic) bond motifs is 5. The van der Waals surface area contributed by atoms with Crippen LogP contribution in [0.2, 0.25) is 0 Å². The molecule has 1 N–H and O–H groups in total.